The van der Waals surface area contributed by atoms with Gasteiger partial charge >= 0.3 is 0 Å². The number of aromatic nitrogens is 3. The van der Waals surface area contributed by atoms with Crippen LogP contribution in [0.1, 0.15) is 25.0 Å². The lowest BCUT2D eigenvalue weighted by Gasteiger charge is -2.23. The summed E-state index contributed by atoms with van der Waals surface area (Å²) in [7, 11) is 0. The summed E-state index contributed by atoms with van der Waals surface area (Å²) in [4.78, 5) is 15.3. The minimum atomic E-state index is -0.132. The standard InChI is InChI=1S/C60H43N3/c1-60(2)55-30-13-12-29-51(55)54-38-52(43-33-31-42(32-34-43)40-17-6-3-7-18-40)53(39-56(54)60)48-26-14-24-46(35-48)47-25-16-28-50(37-47)59-62-57(44-21-10-5-11-22-44)61-58(63-59)49-27-15-23-45(36-49)41-19-8-4-9-20-41/h3-39H,1-2H3. The lowest BCUT2D eigenvalue weighted by molar-refractivity contribution is 0.660. The van der Waals surface area contributed by atoms with Crippen LogP contribution in [-0.2, 0) is 5.41 Å². The number of rotatable bonds is 8. The fraction of sp³-hybridized carbons (Fsp3) is 0.0500. The van der Waals surface area contributed by atoms with Gasteiger partial charge in [-0.1, -0.05) is 208 Å². The molecule has 3 heteroatoms. The van der Waals surface area contributed by atoms with Gasteiger partial charge in [-0.3, -0.25) is 0 Å². The van der Waals surface area contributed by atoms with Gasteiger partial charge in [-0.2, -0.15) is 0 Å². The Morgan fingerprint density at radius 2 is 0.619 bits per heavy atom. The Bertz CT molecular complexity index is 3280. The topological polar surface area (TPSA) is 38.7 Å². The predicted molar refractivity (Wildman–Crippen MR) is 261 cm³/mol. The first kappa shape index (κ1) is 38.0. The fourth-order valence-electron chi connectivity index (χ4n) is 9.22. The molecule has 0 aliphatic heterocycles. The van der Waals surface area contributed by atoms with Crippen molar-refractivity contribution in [3.8, 4) is 101 Å². The second-order valence-corrected chi connectivity index (χ2v) is 16.8. The molecular formula is C60H43N3. The Morgan fingerprint density at radius 1 is 0.238 bits per heavy atom. The molecule has 0 bridgehead atoms. The monoisotopic (exact) mass is 805 g/mol. The molecule has 0 atom stereocenters. The molecule has 9 aromatic carbocycles. The van der Waals surface area contributed by atoms with E-state index in [0.717, 1.165) is 38.9 Å². The van der Waals surface area contributed by atoms with Crippen LogP contribution in [0.2, 0.25) is 0 Å². The zero-order valence-corrected chi connectivity index (χ0v) is 35.2. The van der Waals surface area contributed by atoms with Gasteiger partial charge in [0.25, 0.3) is 0 Å². The molecule has 63 heavy (non-hydrogen) atoms. The largest absolute Gasteiger partial charge is 0.208 e. The van der Waals surface area contributed by atoms with Gasteiger partial charge in [-0.25, -0.2) is 15.0 Å². The average Bonchev–Trinajstić information content (AvgIpc) is 3.59. The highest BCUT2D eigenvalue weighted by Gasteiger charge is 2.36. The second kappa shape index (κ2) is 15.8. The van der Waals surface area contributed by atoms with Crippen molar-refractivity contribution in [3.05, 3.63) is 236 Å². The molecule has 1 aliphatic rings. The van der Waals surface area contributed by atoms with Crippen molar-refractivity contribution in [2.24, 2.45) is 0 Å². The molecule has 298 valence electrons. The van der Waals surface area contributed by atoms with Gasteiger partial charge in [0.1, 0.15) is 0 Å². The predicted octanol–water partition coefficient (Wildman–Crippen LogP) is 15.5. The van der Waals surface area contributed by atoms with Gasteiger partial charge in [-0.05, 0) is 108 Å². The summed E-state index contributed by atoms with van der Waals surface area (Å²) in [6, 6.07) is 80.0. The first-order valence-electron chi connectivity index (χ1n) is 21.6. The quantitative estimate of drug-likeness (QED) is 0.154. The van der Waals surface area contributed by atoms with E-state index in [1.165, 1.54) is 55.6 Å². The lowest BCUT2D eigenvalue weighted by Crippen LogP contribution is -2.15. The van der Waals surface area contributed by atoms with E-state index >= 15 is 0 Å². The third kappa shape index (κ3) is 7.14. The summed E-state index contributed by atoms with van der Waals surface area (Å²) in [5.41, 5.74) is 19.7. The molecule has 1 heterocycles. The Kier molecular flexibility index (Phi) is 9.51. The van der Waals surface area contributed by atoms with E-state index in [2.05, 4.69) is 214 Å². The minimum absolute atomic E-state index is 0.132. The molecule has 0 amide bonds. The normalized spacial score (nSPS) is 12.4. The van der Waals surface area contributed by atoms with E-state index in [1.54, 1.807) is 0 Å². The third-order valence-electron chi connectivity index (χ3n) is 12.5. The summed E-state index contributed by atoms with van der Waals surface area (Å²) < 4.78 is 0. The van der Waals surface area contributed by atoms with E-state index in [9.17, 15) is 0 Å². The zero-order chi connectivity index (χ0) is 42.3. The van der Waals surface area contributed by atoms with Gasteiger partial charge in [-0.15, -0.1) is 0 Å². The van der Waals surface area contributed by atoms with Crippen molar-refractivity contribution in [1.29, 1.82) is 0 Å². The van der Waals surface area contributed by atoms with Crippen LogP contribution in [0.15, 0.2) is 224 Å². The summed E-state index contributed by atoms with van der Waals surface area (Å²) >= 11 is 0. The highest BCUT2D eigenvalue weighted by Crippen LogP contribution is 2.52. The molecule has 3 nitrogen and oxygen atoms in total. The molecule has 10 aromatic rings. The van der Waals surface area contributed by atoms with Crippen LogP contribution in [0.5, 0.6) is 0 Å². The number of hydrogen-bond acceptors (Lipinski definition) is 3. The number of nitrogens with zero attached hydrogens (tertiary/aromatic N) is 3. The molecule has 0 fully saturated rings. The summed E-state index contributed by atoms with van der Waals surface area (Å²) in [6.45, 7) is 4.71. The second-order valence-electron chi connectivity index (χ2n) is 16.8. The van der Waals surface area contributed by atoms with Crippen LogP contribution >= 0.6 is 0 Å². The highest BCUT2D eigenvalue weighted by molar-refractivity contribution is 5.93. The summed E-state index contributed by atoms with van der Waals surface area (Å²) in [5.74, 6) is 1.90. The fourth-order valence-corrected chi connectivity index (χ4v) is 9.22. The van der Waals surface area contributed by atoms with Crippen LogP contribution in [0.25, 0.3) is 101 Å². The highest BCUT2D eigenvalue weighted by atomic mass is 15.0. The van der Waals surface area contributed by atoms with Gasteiger partial charge in [0.15, 0.2) is 17.5 Å². The average molecular weight is 806 g/mol. The SMILES string of the molecule is CC1(C)c2ccccc2-c2cc(-c3ccc(-c4ccccc4)cc3)c(-c3cccc(-c4cccc(-c5nc(-c6ccccc6)nc(-c6cccc(-c7ccccc7)c6)n5)c4)c3)cc21. The Hall–Kier alpha value is -8.01. The molecule has 0 N–H and O–H groups in total. The van der Waals surface area contributed by atoms with E-state index in [4.69, 9.17) is 15.0 Å². The number of benzene rings is 9. The third-order valence-corrected chi connectivity index (χ3v) is 12.5. The molecule has 0 saturated carbocycles. The van der Waals surface area contributed by atoms with E-state index in [-0.39, 0.29) is 5.41 Å². The van der Waals surface area contributed by atoms with Crippen molar-refractivity contribution < 1.29 is 0 Å². The molecular weight excluding hydrogens is 763 g/mol. The van der Waals surface area contributed by atoms with Crippen molar-refractivity contribution in [2.75, 3.05) is 0 Å². The van der Waals surface area contributed by atoms with Crippen LogP contribution in [-0.4, -0.2) is 15.0 Å². The lowest BCUT2D eigenvalue weighted by atomic mass is 9.80. The van der Waals surface area contributed by atoms with Crippen LogP contribution in [0, 0.1) is 0 Å². The van der Waals surface area contributed by atoms with Gasteiger partial charge in [0, 0.05) is 22.1 Å². The van der Waals surface area contributed by atoms with Crippen molar-refractivity contribution in [1.82, 2.24) is 15.0 Å². The maximum Gasteiger partial charge on any atom is 0.164 e. The Labute approximate surface area is 369 Å². The number of hydrogen-bond donors (Lipinski definition) is 0. The summed E-state index contributed by atoms with van der Waals surface area (Å²) in [5, 5.41) is 0. The van der Waals surface area contributed by atoms with E-state index in [1.807, 2.05) is 24.3 Å². The zero-order valence-electron chi connectivity index (χ0n) is 35.2. The first-order chi connectivity index (χ1) is 31.0. The Balaban J connectivity index is 1.01. The van der Waals surface area contributed by atoms with Crippen molar-refractivity contribution >= 4 is 0 Å². The molecule has 1 aliphatic carbocycles. The maximum absolute atomic E-state index is 5.15. The van der Waals surface area contributed by atoms with Crippen molar-refractivity contribution in [3.63, 3.8) is 0 Å². The van der Waals surface area contributed by atoms with Gasteiger partial charge in [0.2, 0.25) is 0 Å². The smallest absolute Gasteiger partial charge is 0.164 e. The van der Waals surface area contributed by atoms with Crippen LogP contribution in [0.4, 0.5) is 0 Å². The van der Waals surface area contributed by atoms with E-state index in [0.29, 0.717) is 17.5 Å². The van der Waals surface area contributed by atoms with Crippen LogP contribution in [0.3, 0.4) is 0 Å². The number of fused-ring (bicyclic) bond motifs is 3. The Morgan fingerprint density at radius 3 is 1.21 bits per heavy atom. The molecule has 11 rings (SSSR count). The molecule has 0 spiro atoms. The van der Waals surface area contributed by atoms with Gasteiger partial charge < -0.3 is 0 Å². The van der Waals surface area contributed by atoms with E-state index < -0.39 is 0 Å². The van der Waals surface area contributed by atoms with Gasteiger partial charge in [0.05, 0.1) is 0 Å². The maximum atomic E-state index is 5.15. The first-order valence-corrected chi connectivity index (χ1v) is 21.6. The minimum Gasteiger partial charge on any atom is -0.208 e. The summed E-state index contributed by atoms with van der Waals surface area (Å²) in [6.07, 6.45) is 0. The molecule has 0 saturated heterocycles. The molecule has 1 aromatic heterocycles. The van der Waals surface area contributed by atoms with Crippen LogP contribution < -0.4 is 0 Å². The van der Waals surface area contributed by atoms with Crippen molar-refractivity contribution in [2.45, 2.75) is 19.3 Å². The molecule has 0 radical (unpaired) electrons. The molecule has 0 unspecified atom stereocenters.